The van der Waals surface area contributed by atoms with Gasteiger partial charge < -0.3 is 5.11 Å². The third-order valence-electron chi connectivity index (χ3n) is 8.43. The van der Waals surface area contributed by atoms with E-state index in [1.165, 1.54) is 32.1 Å². The number of hydrogen-bond acceptors (Lipinski definition) is 2. The van der Waals surface area contributed by atoms with Crippen molar-refractivity contribution in [1.29, 1.82) is 0 Å². The molecule has 0 unspecified atom stereocenters. The second kappa shape index (κ2) is 4.57. The first-order valence-corrected chi connectivity index (χ1v) is 9.15. The summed E-state index contributed by atoms with van der Waals surface area (Å²) in [6.07, 6.45) is 10.0. The molecule has 21 heavy (non-hydrogen) atoms. The molecule has 0 amide bonds. The number of fused-ring (bicyclic) bond motifs is 5. The molecule has 0 radical (unpaired) electrons. The SMILES string of the molecule is C[C@]12CCC(=O)C[C@@H]1CC[C@H]1[C@H]2CC[C@@]2(C)[C@H](O)CC[C@@H]12. The molecule has 0 aliphatic heterocycles. The van der Waals surface area contributed by atoms with Crippen LogP contribution in [0.2, 0.25) is 0 Å². The maximum atomic E-state index is 11.9. The molecular formula is C19H30O2. The summed E-state index contributed by atoms with van der Waals surface area (Å²) in [6.45, 7) is 4.85. The van der Waals surface area contributed by atoms with Crippen LogP contribution in [0.3, 0.4) is 0 Å². The van der Waals surface area contributed by atoms with Gasteiger partial charge in [-0.05, 0) is 79.4 Å². The number of aliphatic hydroxyl groups is 1. The zero-order chi connectivity index (χ0) is 14.8. The van der Waals surface area contributed by atoms with Gasteiger partial charge in [0.1, 0.15) is 5.78 Å². The van der Waals surface area contributed by atoms with E-state index in [0.717, 1.165) is 43.4 Å². The van der Waals surface area contributed by atoms with Gasteiger partial charge in [-0.15, -0.1) is 0 Å². The van der Waals surface area contributed by atoms with Crippen LogP contribution < -0.4 is 0 Å². The van der Waals surface area contributed by atoms with Gasteiger partial charge in [0.2, 0.25) is 0 Å². The summed E-state index contributed by atoms with van der Waals surface area (Å²) in [7, 11) is 0. The van der Waals surface area contributed by atoms with Gasteiger partial charge in [-0.3, -0.25) is 4.79 Å². The van der Waals surface area contributed by atoms with Crippen LogP contribution in [0.25, 0.3) is 0 Å². The van der Waals surface area contributed by atoms with Gasteiger partial charge in [0.25, 0.3) is 0 Å². The van der Waals surface area contributed by atoms with Crippen molar-refractivity contribution in [3.05, 3.63) is 0 Å². The molecular weight excluding hydrogens is 260 g/mol. The van der Waals surface area contributed by atoms with Gasteiger partial charge in [-0.2, -0.15) is 0 Å². The second-order valence-corrected chi connectivity index (χ2v) is 9.04. The standard InChI is InChI=1S/C19H30O2/c1-18-9-7-13(20)11-12(18)3-4-14-15-5-6-17(21)19(15,2)10-8-16(14)18/h12,14-17,21H,3-11H2,1-2H3/t12-,14+,15-,16+,17+,18-,19+/m0/s1. The summed E-state index contributed by atoms with van der Waals surface area (Å²) in [6, 6.07) is 0. The number of carbonyl (C=O) groups is 1. The number of Topliss-reactive ketones (excluding diaryl/α,β-unsaturated/α-hetero) is 1. The molecule has 7 atom stereocenters. The van der Waals surface area contributed by atoms with Gasteiger partial charge in [-0.25, -0.2) is 0 Å². The van der Waals surface area contributed by atoms with E-state index in [-0.39, 0.29) is 11.5 Å². The Kier molecular flexibility index (Phi) is 3.10. The van der Waals surface area contributed by atoms with E-state index in [0.29, 0.717) is 17.1 Å². The Bertz CT molecular complexity index is 458. The van der Waals surface area contributed by atoms with Crippen LogP contribution in [-0.4, -0.2) is 17.0 Å². The normalized spacial score (nSPS) is 56.5. The predicted molar refractivity (Wildman–Crippen MR) is 82.7 cm³/mol. The molecule has 1 N–H and O–H groups in total. The summed E-state index contributed by atoms with van der Waals surface area (Å²) < 4.78 is 0. The van der Waals surface area contributed by atoms with Crippen LogP contribution in [0, 0.1) is 34.5 Å². The Morgan fingerprint density at radius 1 is 0.952 bits per heavy atom. The average molecular weight is 290 g/mol. The van der Waals surface area contributed by atoms with E-state index in [1.807, 2.05) is 0 Å². The summed E-state index contributed by atoms with van der Waals surface area (Å²) in [5.41, 5.74) is 0.598. The molecule has 4 fully saturated rings. The van der Waals surface area contributed by atoms with Crippen LogP contribution in [-0.2, 0) is 4.79 Å². The summed E-state index contributed by atoms with van der Waals surface area (Å²) in [5.74, 6) is 3.52. The molecule has 0 bridgehead atoms. The molecule has 0 aromatic heterocycles. The number of aliphatic hydroxyl groups excluding tert-OH is 1. The predicted octanol–water partition coefficient (Wildman–Crippen LogP) is 3.96. The maximum absolute atomic E-state index is 11.9. The van der Waals surface area contributed by atoms with Crippen LogP contribution in [0.1, 0.15) is 71.6 Å². The molecule has 0 aromatic carbocycles. The Morgan fingerprint density at radius 2 is 1.71 bits per heavy atom. The largest absolute Gasteiger partial charge is 0.393 e. The second-order valence-electron chi connectivity index (χ2n) is 9.04. The van der Waals surface area contributed by atoms with Crippen molar-refractivity contribution in [3.63, 3.8) is 0 Å². The monoisotopic (exact) mass is 290 g/mol. The van der Waals surface area contributed by atoms with Crippen molar-refractivity contribution in [3.8, 4) is 0 Å². The van der Waals surface area contributed by atoms with Crippen molar-refractivity contribution >= 4 is 5.78 Å². The molecule has 4 aliphatic carbocycles. The maximum Gasteiger partial charge on any atom is 0.133 e. The molecule has 0 saturated heterocycles. The highest BCUT2D eigenvalue weighted by molar-refractivity contribution is 5.79. The Balaban J connectivity index is 1.64. The number of rotatable bonds is 0. The van der Waals surface area contributed by atoms with Gasteiger partial charge in [0.15, 0.2) is 0 Å². The Morgan fingerprint density at radius 3 is 2.52 bits per heavy atom. The van der Waals surface area contributed by atoms with E-state index in [4.69, 9.17) is 0 Å². The molecule has 0 aromatic rings. The first kappa shape index (κ1) is 14.2. The molecule has 4 saturated carbocycles. The van der Waals surface area contributed by atoms with E-state index >= 15 is 0 Å². The number of carbonyl (C=O) groups excluding carboxylic acids is 1. The number of ketones is 1. The molecule has 0 spiro atoms. The topological polar surface area (TPSA) is 37.3 Å². The minimum absolute atomic E-state index is 0.0677. The van der Waals surface area contributed by atoms with Crippen molar-refractivity contribution in [2.75, 3.05) is 0 Å². The minimum Gasteiger partial charge on any atom is -0.393 e. The van der Waals surface area contributed by atoms with Crippen molar-refractivity contribution < 1.29 is 9.90 Å². The molecule has 2 heteroatoms. The smallest absolute Gasteiger partial charge is 0.133 e. The Labute approximate surface area is 128 Å². The average Bonchev–Trinajstić information content (AvgIpc) is 2.76. The zero-order valence-corrected chi connectivity index (χ0v) is 13.6. The van der Waals surface area contributed by atoms with Crippen LogP contribution >= 0.6 is 0 Å². The molecule has 4 aliphatic rings. The summed E-state index contributed by atoms with van der Waals surface area (Å²) in [4.78, 5) is 11.9. The molecule has 0 heterocycles. The first-order chi connectivity index (χ1) is 9.95. The van der Waals surface area contributed by atoms with E-state index in [9.17, 15) is 9.90 Å². The van der Waals surface area contributed by atoms with Crippen molar-refractivity contribution in [2.45, 2.75) is 77.7 Å². The van der Waals surface area contributed by atoms with Crippen LogP contribution in [0.5, 0.6) is 0 Å². The summed E-state index contributed by atoms with van der Waals surface area (Å²) >= 11 is 0. The van der Waals surface area contributed by atoms with Crippen molar-refractivity contribution in [2.24, 2.45) is 34.5 Å². The highest BCUT2D eigenvalue weighted by Gasteiger charge is 2.59. The van der Waals surface area contributed by atoms with Crippen LogP contribution in [0.15, 0.2) is 0 Å². The third kappa shape index (κ3) is 1.84. The zero-order valence-electron chi connectivity index (χ0n) is 13.6. The van der Waals surface area contributed by atoms with Gasteiger partial charge in [-0.1, -0.05) is 13.8 Å². The van der Waals surface area contributed by atoms with E-state index in [2.05, 4.69) is 13.8 Å². The van der Waals surface area contributed by atoms with E-state index in [1.54, 1.807) is 0 Å². The fraction of sp³-hybridized carbons (Fsp3) is 0.947. The quantitative estimate of drug-likeness (QED) is 0.733. The highest BCUT2D eigenvalue weighted by Crippen LogP contribution is 2.65. The summed E-state index contributed by atoms with van der Waals surface area (Å²) in [5, 5.41) is 10.5. The fourth-order valence-electron chi connectivity index (χ4n) is 7.02. The van der Waals surface area contributed by atoms with Gasteiger partial charge >= 0.3 is 0 Å². The fourth-order valence-corrected chi connectivity index (χ4v) is 7.02. The van der Waals surface area contributed by atoms with E-state index < -0.39 is 0 Å². The van der Waals surface area contributed by atoms with Crippen molar-refractivity contribution in [1.82, 2.24) is 0 Å². The number of hydrogen-bond donors (Lipinski definition) is 1. The lowest BCUT2D eigenvalue weighted by atomic mass is 9.45. The van der Waals surface area contributed by atoms with Gasteiger partial charge in [0, 0.05) is 12.8 Å². The highest BCUT2D eigenvalue weighted by atomic mass is 16.3. The molecule has 2 nitrogen and oxygen atoms in total. The molecule has 118 valence electrons. The lowest BCUT2D eigenvalue weighted by molar-refractivity contribution is -0.141. The minimum atomic E-state index is -0.0677. The van der Waals surface area contributed by atoms with Crippen LogP contribution in [0.4, 0.5) is 0 Å². The first-order valence-electron chi connectivity index (χ1n) is 9.15. The Hall–Kier alpha value is -0.370. The third-order valence-corrected chi connectivity index (χ3v) is 8.43. The molecule has 4 rings (SSSR count). The van der Waals surface area contributed by atoms with Gasteiger partial charge in [0.05, 0.1) is 6.10 Å². The lowest BCUT2D eigenvalue weighted by Crippen LogP contribution is -2.54. The lowest BCUT2D eigenvalue weighted by Gasteiger charge is -2.60.